The number of rotatable bonds is 4. The highest BCUT2D eigenvalue weighted by molar-refractivity contribution is 7.98. The van der Waals surface area contributed by atoms with Crippen molar-refractivity contribution in [3.05, 3.63) is 0 Å². The molecule has 12 heavy (non-hydrogen) atoms. The molecule has 2 atom stereocenters. The van der Waals surface area contributed by atoms with Crippen LogP contribution in [0.5, 0.6) is 0 Å². The minimum Gasteiger partial charge on any atom is -0.378 e. The van der Waals surface area contributed by atoms with Crippen molar-refractivity contribution in [1.29, 1.82) is 0 Å². The second kappa shape index (κ2) is 4.87. The van der Waals surface area contributed by atoms with E-state index < -0.39 is 0 Å². The lowest BCUT2D eigenvalue weighted by molar-refractivity contribution is -0.123. The van der Waals surface area contributed by atoms with Crippen LogP contribution in [0.3, 0.4) is 0 Å². The summed E-state index contributed by atoms with van der Waals surface area (Å²) in [7, 11) is 0. The summed E-state index contributed by atoms with van der Waals surface area (Å²) >= 11 is 1.73. The molecule has 0 aromatic carbocycles. The SMILES string of the molecule is CSCCC(=O)C1CCOC1C. The Kier molecular flexibility index (Phi) is 4.09. The van der Waals surface area contributed by atoms with E-state index in [0.29, 0.717) is 12.2 Å². The van der Waals surface area contributed by atoms with E-state index in [4.69, 9.17) is 4.74 Å². The standard InChI is InChI=1S/C9H16O2S/c1-7-8(3-5-11-7)9(10)4-6-12-2/h7-8H,3-6H2,1-2H3. The molecule has 0 bridgehead atoms. The molecule has 1 fully saturated rings. The van der Waals surface area contributed by atoms with Gasteiger partial charge in [0.2, 0.25) is 0 Å². The molecule has 70 valence electrons. The molecule has 1 rings (SSSR count). The van der Waals surface area contributed by atoms with Crippen LogP contribution >= 0.6 is 11.8 Å². The predicted octanol–water partition coefficient (Wildman–Crippen LogP) is 1.73. The van der Waals surface area contributed by atoms with Crippen molar-refractivity contribution in [1.82, 2.24) is 0 Å². The van der Waals surface area contributed by atoms with E-state index in [0.717, 1.165) is 18.8 Å². The van der Waals surface area contributed by atoms with Crippen LogP contribution in [0.25, 0.3) is 0 Å². The van der Waals surface area contributed by atoms with Crippen molar-refractivity contribution < 1.29 is 9.53 Å². The van der Waals surface area contributed by atoms with Gasteiger partial charge >= 0.3 is 0 Å². The minimum atomic E-state index is 0.152. The van der Waals surface area contributed by atoms with E-state index in [1.54, 1.807) is 11.8 Å². The molecule has 0 amide bonds. The number of hydrogen-bond donors (Lipinski definition) is 0. The Morgan fingerprint density at radius 1 is 1.67 bits per heavy atom. The van der Waals surface area contributed by atoms with Crippen LogP contribution in [0.2, 0.25) is 0 Å². The average Bonchev–Trinajstić information content (AvgIpc) is 2.47. The number of carbonyl (C=O) groups is 1. The monoisotopic (exact) mass is 188 g/mol. The molecule has 0 radical (unpaired) electrons. The highest BCUT2D eigenvalue weighted by Gasteiger charge is 2.29. The Labute approximate surface area is 78.1 Å². The van der Waals surface area contributed by atoms with Crippen LogP contribution in [-0.4, -0.2) is 30.5 Å². The zero-order valence-corrected chi connectivity index (χ0v) is 8.52. The Bertz CT molecular complexity index is 159. The largest absolute Gasteiger partial charge is 0.378 e. The van der Waals surface area contributed by atoms with Crippen molar-refractivity contribution in [3.8, 4) is 0 Å². The van der Waals surface area contributed by atoms with Crippen molar-refractivity contribution in [2.45, 2.75) is 25.9 Å². The number of ketones is 1. The van der Waals surface area contributed by atoms with Crippen molar-refractivity contribution in [2.24, 2.45) is 5.92 Å². The first-order valence-corrected chi connectivity index (χ1v) is 5.78. The third-order valence-corrected chi connectivity index (χ3v) is 2.95. The van der Waals surface area contributed by atoms with Gasteiger partial charge in [0, 0.05) is 18.9 Å². The van der Waals surface area contributed by atoms with Crippen LogP contribution in [0.4, 0.5) is 0 Å². The maximum atomic E-state index is 11.5. The highest BCUT2D eigenvalue weighted by atomic mass is 32.2. The van der Waals surface area contributed by atoms with Gasteiger partial charge in [-0.1, -0.05) is 0 Å². The fourth-order valence-electron chi connectivity index (χ4n) is 1.54. The molecule has 2 nitrogen and oxygen atoms in total. The summed E-state index contributed by atoms with van der Waals surface area (Å²) in [4.78, 5) is 11.5. The van der Waals surface area contributed by atoms with Gasteiger partial charge in [0.25, 0.3) is 0 Å². The van der Waals surface area contributed by atoms with Gasteiger partial charge in [-0.15, -0.1) is 0 Å². The van der Waals surface area contributed by atoms with Gasteiger partial charge in [-0.05, 0) is 25.4 Å². The first-order valence-electron chi connectivity index (χ1n) is 4.39. The molecule has 1 saturated heterocycles. The fraction of sp³-hybridized carbons (Fsp3) is 0.889. The topological polar surface area (TPSA) is 26.3 Å². The third kappa shape index (κ3) is 2.49. The molecule has 0 aromatic heterocycles. The van der Waals surface area contributed by atoms with Crippen molar-refractivity contribution in [2.75, 3.05) is 18.6 Å². The highest BCUT2D eigenvalue weighted by Crippen LogP contribution is 2.22. The van der Waals surface area contributed by atoms with E-state index in [-0.39, 0.29) is 12.0 Å². The van der Waals surface area contributed by atoms with E-state index >= 15 is 0 Å². The van der Waals surface area contributed by atoms with Crippen LogP contribution in [0.15, 0.2) is 0 Å². The summed E-state index contributed by atoms with van der Waals surface area (Å²) in [6.45, 7) is 2.76. The van der Waals surface area contributed by atoms with E-state index in [1.807, 2.05) is 13.2 Å². The Morgan fingerprint density at radius 3 is 2.92 bits per heavy atom. The summed E-state index contributed by atoms with van der Waals surface area (Å²) in [5.41, 5.74) is 0. The van der Waals surface area contributed by atoms with Crippen LogP contribution in [-0.2, 0) is 9.53 Å². The Hall–Kier alpha value is -0.0200. The molecule has 0 spiro atoms. The number of thioether (sulfide) groups is 1. The molecule has 1 aliphatic heterocycles. The Morgan fingerprint density at radius 2 is 2.42 bits per heavy atom. The van der Waals surface area contributed by atoms with Gasteiger partial charge in [-0.2, -0.15) is 11.8 Å². The Balaban J connectivity index is 2.30. The summed E-state index contributed by atoms with van der Waals surface area (Å²) in [5.74, 6) is 1.51. The molecule has 0 aromatic rings. The minimum absolute atomic E-state index is 0.152. The van der Waals surface area contributed by atoms with Crippen LogP contribution in [0, 0.1) is 5.92 Å². The zero-order valence-electron chi connectivity index (χ0n) is 7.71. The molecule has 0 saturated carbocycles. The zero-order chi connectivity index (χ0) is 8.97. The summed E-state index contributed by atoms with van der Waals surface area (Å²) in [5, 5.41) is 0. The molecule has 1 aliphatic rings. The second-order valence-corrected chi connectivity index (χ2v) is 4.17. The second-order valence-electron chi connectivity index (χ2n) is 3.18. The first-order chi connectivity index (χ1) is 5.75. The molecule has 0 N–H and O–H groups in total. The number of Topliss-reactive ketones (excluding diaryl/α,β-unsaturated/α-hetero) is 1. The van der Waals surface area contributed by atoms with E-state index in [1.165, 1.54) is 0 Å². The lowest BCUT2D eigenvalue weighted by Gasteiger charge is -2.11. The fourth-order valence-corrected chi connectivity index (χ4v) is 1.95. The molecule has 2 unspecified atom stereocenters. The van der Waals surface area contributed by atoms with Crippen LogP contribution in [0.1, 0.15) is 19.8 Å². The van der Waals surface area contributed by atoms with Gasteiger partial charge < -0.3 is 4.74 Å². The summed E-state index contributed by atoms with van der Waals surface area (Å²) in [6, 6.07) is 0. The predicted molar refractivity (Wildman–Crippen MR) is 51.5 cm³/mol. The lowest BCUT2D eigenvalue weighted by atomic mass is 9.96. The van der Waals surface area contributed by atoms with Gasteiger partial charge in [0.1, 0.15) is 5.78 Å². The summed E-state index contributed by atoms with van der Waals surface area (Å²) < 4.78 is 5.34. The quantitative estimate of drug-likeness (QED) is 0.672. The maximum Gasteiger partial charge on any atom is 0.139 e. The average molecular weight is 188 g/mol. The number of carbonyl (C=O) groups excluding carboxylic acids is 1. The number of hydrogen-bond acceptors (Lipinski definition) is 3. The number of ether oxygens (including phenoxy) is 1. The van der Waals surface area contributed by atoms with Gasteiger partial charge in [0.05, 0.1) is 6.10 Å². The smallest absolute Gasteiger partial charge is 0.139 e. The summed E-state index contributed by atoms with van der Waals surface area (Å²) in [6.07, 6.45) is 3.81. The van der Waals surface area contributed by atoms with Gasteiger partial charge in [0.15, 0.2) is 0 Å². The lowest BCUT2D eigenvalue weighted by Crippen LogP contribution is -2.21. The molecule has 3 heteroatoms. The van der Waals surface area contributed by atoms with Crippen molar-refractivity contribution >= 4 is 17.5 Å². The normalized spacial score (nSPS) is 29.2. The van der Waals surface area contributed by atoms with Crippen LogP contribution < -0.4 is 0 Å². The van der Waals surface area contributed by atoms with E-state index in [2.05, 4.69) is 0 Å². The molecule has 0 aliphatic carbocycles. The van der Waals surface area contributed by atoms with E-state index in [9.17, 15) is 4.79 Å². The third-order valence-electron chi connectivity index (χ3n) is 2.34. The molecular weight excluding hydrogens is 172 g/mol. The molecular formula is C9H16O2S. The first kappa shape index (κ1) is 10.1. The van der Waals surface area contributed by atoms with Crippen molar-refractivity contribution in [3.63, 3.8) is 0 Å². The maximum absolute atomic E-state index is 11.5. The van der Waals surface area contributed by atoms with Gasteiger partial charge in [-0.3, -0.25) is 4.79 Å². The molecule has 1 heterocycles. The van der Waals surface area contributed by atoms with Gasteiger partial charge in [-0.25, -0.2) is 0 Å².